The van der Waals surface area contributed by atoms with Crippen molar-refractivity contribution in [2.24, 2.45) is 0 Å². The number of rotatable bonds is 6. The molecular formula is C11H13NO3S2. The Morgan fingerprint density at radius 2 is 2.06 bits per heavy atom. The molecular weight excluding hydrogens is 258 g/mol. The van der Waals surface area contributed by atoms with Gasteiger partial charge in [-0.1, -0.05) is 22.9 Å². The molecule has 1 aromatic carbocycles. The van der Waals surface area contributed by atoms with E-state index in [1.807, 2.05) is 12.1 Å². The van der Waals surface area contributed by atoms with E-state index in [1.54, 1.807) is 12.1 Å². The summed E-state index contributed by atoms with van der Waals surface area (Å²) in [6.45, 7) is 0.358. The smallest absolute Gasteiger partial charge is 0.303 e. The molecule has 0 saturated carbocycles. The Kier molecular flexibility index (Phi) is 5.93. The third-order valence-corrected chi connectivity index (χ3v) is 3.23. The molecule has 0 spiro atoms. The second-order valence-electron chi connectivity index (χ2n) is 3.34. The lowest BCUT2D eigenvalue weighted by Gasteiger charge is -2.07. The second kappa shape index (κ2) is 7.24. The van der Waals surface area contributed by atoms with E-state index < -0.39 is 5.97 Å². The van der Waals surface area contributed by atoms with Gasteiger partial charge >= 0.3 is 5.97 Å². The fourth-order valence-electron chi connectivity index (χ4n) is 1.27. The van der Waals surface area contributed by atoms with Crippen molar-refractivity contribution in [2.45, 2.75) is 17.7 Å². The molecule has 0 aliphatic carbocycles. The predicted octanol–water partition coefficient (Wildman–Crippen LogP) is 2.22. The third-order valence-electron chi connectivity index (χ3n) is 2.08. The predicted molar refractivity (Wildman–Crippen MR) is 70.5 cm³/mol. The normalized spacial score (nSPS) is 9.94. The summed E-state index contributed by atoms with van der Waals surface area (Å²) in [4.78, 5) is 22.8. The molecule has 0 unspecified atom stereocenters. The molecule has 0 radical (unpaired) electrons. The lowest BCUT2D eigenvalue weighted by molar-refractivity contribution is -0.137. The maximum Gasteiger partial charge on any atom is 0.303 e. The summed E-state index contributed by atoms with van der Waals surface area (Å²) in [5, 5.41) is 11.1. The van der Waals surface area contributed by atoms with E-state index in [2.05, 4.69) is 17.0 Å². The molecule has 1 aromatic rings. The molecule has 0 aromatic heterocycles. The van der Waals surface area contributed by atoms with Crippen LogP contribution in [0.25, 0.3) is 0 Å². The number of hydrogen-bond donors (Lipinski definition) is 3. The molecule has 0 fully saturated rings. The Bertz CT molecular complexity index is 409. The number of benzene rings is 1. The van der Waals surface area contributed by atoms with Crippen LogP contribution in [0.2, 0.25) is 0 Å². The maximum absolute atomic E-state index is 11.8. The van der Waals surface area contributed by atoms with Crippen molar-refractivity contribution in [1.29, 1.82) is 0 Å². The number of amides is 1. The monoisotopic (exact) mass is 271 g/mol. The number of carbonyl (C=O) groups is 2. The van der Waals surface area contributed by atoms with Gasteiger partial charge in [0.15, 0.2) is 0 Å². The van der Waals surface area contributed by atoms with Crippen LogP contribution in [0.5, 0.6) is 0 Å². The largest absolute Gasteiger partial charge is 0.481 e. The molecule has 6 heteroatoms. The van der Waals surface area contributed by atoms with Gasteiger partial charge in [-0.05, 0) is 18.6 Å². The highest BCUT2D eigenvalue weighted by Gasteiger charge is 2.09. The van der Waals surface area contributed by atoms with E-state index >= 15 is 0 Å². The van der Waals surface area contributed by atoms with Gasteiger partial charge in [0.2, 0.25) is 0 Å². The van der Waals surface area contributed by atoms with Crippen molar-refractivity contribution in [3.63, 3.8) is 0 Å². The first kappa shape index (κ1) is 13.9. The number of carbonyl (C=O) groups excluding carboxylic acids is 1. The summed E-state index contributed by atoms with van der Waals surface area (Å²) < 4.78 is 0. The van der Waals surface area contributed by atoms with E-state index in [1.165, 1.54) is 10.8 Å². The molecule has 2 N–H and O–H groups in total. The third kappa shape index (κ3) is 4.70. The first-order valence-corrected chi connectivity index (χ1v) is 6.92. The Hall–Kier alpha value is -1.14. The average molecular weight is 271 g/mol. The molecule has 17 heavy (non-hydrogen) atoms. The molecule has 92 valence electrons. The molecule has 4 nitrogen and oxygen atoms in total. The zero-order valence-corrected chi connectivity index (χ0v) is 10.8. The van der Waals surface area contributed by atoms with Crippen molar-refractivity contribution in [1.82, 2.24) is 5.32 Å². The summed E-state index contributed by atoms with van der Waals surface area (Å²) in [7, 11) is 1.21. The van der Waals surface area contributed by atoms with Crippen molar-refractivity contribution in [3.8, 4) is 0 Å². The summed E-state index contributed by atoms with van der Waals surface area (Å²) in [5.41, 5.74) is 0.558. The standard InChI is InChI=1S/C11H13NO3S2/c13-10(14)6-3-7-12-11(15)8-4-1-2-5-9(8)17-16/h1-2,4-5,16H,3,6-7H2,(H,12,15)(H,13,14). The van der Waals surface area contributed by atoms with Crippen LogP contribution in [-0.4, -0.2) is 23.5 Å². The van der Waals surface area contributed by atoms with Gasteiger partial charge in [-0.2, -0.15) is 0 Å². The van der Waals surface area contributed by atoms with E-state index in [9.17, 15) is 9.59 Å². The zero-order valence-electron chi connectivity index (χ0n) is 9.05. The van der Waals surface area contributed by atoms with Crippen LogP contribution in [0.1, 0.15) is 23.2 Å². The van der Waals surface area contributed by atoms with Crippen LogP contribution in [0, 0.1) is 0 Å². The quantitative estimate of drug-likeness (QED) is 0.421. The van der Waals surface area contributed by atoms with E-state index in [4.69, 9.17) is 5.11 Å². The number of nitrogens with one attached hydrogen (secondary N) is 1. The summed E-state index contributed by atoms with van der Waals surface area (Å²) >= 11 is 4.07. The van der Waals surface area contributed by atoms with Crippen molar-refractivity contribution >= 4 is 34.3 Å². The molecule has 0 saturated heterocycles. The van der Waals surface area contributed by atoms with Gasteiger partial charge in [-0.3, -0.25) is 9.59 Å². The highest BCUT2D eigenvalue weighted by atomic mass is 33.1. The SMILES string of the molecule is O=C(O)CCCNC(=O)c1ccccc1SS. The zero-order chi connectivity index (χ0) is 12.7. The molecule has 0 aliphatic rings. The minimum atomic E-state index is -0.856. The van der Waals surface area contributed by atoms with Gasteiger partial charge < -0.3 is 10.4 Å². The summed E-state index contributed by atoms with van der Waals surface area (Å²) in [6, 6.07) is 7.13. The van der Waals surface area contributed by atoms with Crippen LogP contribution < -0.4 is 5.32 Å². The van der Waals surface area contributed by atoms with E-state index in [0.29, 0.717) is 18.5 Å². The number of carboxylic acid groups (broad SMARTS) is 1. The fraction of sp³-hybridized carbons (Fsp3) is 0.273. The number of hydrogen-bond acceptors (Lipinski definition) is 4. The van der Waals surface area contributed by atoms with Crippen LogP contribution >= 0.6 is 22.5 Å². The summed E-state index contributed by atoms with van der Waals surface area (Å²) in [6.07, 6.45) is 0.487. The Labute approximate surface area is 109 Å². The molecule has 0 bridgehead atoms. The van der Waals surface area contributed by atoms with Gasteiger partial charge in [0.05, 0.1) is 5.56 Å². The minimum Gasteiger partial charge on any atom is -0.481 e. The van der Waals surface area contributed by atoms with E-state index in [0.717, 1.165) is 4.90 Å². The lowest BCUT2D eigenvalue weighted by atomic mass is 10.2. The molecule has 0 atom stereocenters. The van der Waals surface area contributed by atoms with Gasteiger partial charge in [-0.25, -0.2) is 0 Å². The van der Waals surface area contributed by atoms with Gasteiger partial charge in [-0.15, -0.1) is 11.7 Å². The van der Waals surface area contributed by atoms with Crippen LogP contribution in [-0.2, 0) is 4.79 Å². The average Bonchev–Trinajstić information content (AvgIpc) is 2.34. The van der Waals surface area contributed by atoms with Crippen molar-refractivity contribution in [3.05, 3.63) is 29.8 Å². The van der Waals surface area contributed by atoms with Crippen molar-refractivity contribution < 1.29 is 14.7 Å². The van der Waals surface area contributed by atoms with Crippen LogP contribution in [0.4, 0.5) is 0 Å². The van der Waals surface area contributed by atoms with Crippen LogP contribution in [0.3, 0.4) is 0 Å². The first-order valence-electron chi connectivity index (χ1n) is 5.05. The summed E-state index contributed by atoms with van der Waals surface area (Å²) in [5.74, 6) is -1.06. The Morgan fingerprint density at radius 3 is 2.71 bits per heavy atom. The Balaban J connectivity index is 2.49. The molecule has 1 rings (SSSR count). The number of aliphatic carboxylic acids is 1. The molecule has 0 aliphatic heterocycles. The first-order chi connectivity index (χ1) is 8.15. The topological polar surface area (TPSA) is 66.4 Å². The van der Waals surface area contributed by atoms with Gasteiger partial charge in [0, 0.05) is 17.9 Å². The fourth-order valence-corrected chi connectivity index (χ4v) is 2.15. The second-order valence-corrected chi connectivity index (χ2v) is 4.51. The van der Waals surface area contributed by atoms with Gasteiger partial charge in [0.25, 0.3) is 5.91 Å². The van der Waals surface area contributed by atoms with Crippen LogP contribution in [0.15, 0.2) is 29.2 Å². The van der Waals surface area contributed by atoms with Gasteiger partial charge in [0.1, 0.15) is 0 Å². The van der Waals surface area contributed by atoms with Crippen molar-refractivity contribution in [2.75, 3.05) is 6.54 Å². The van der Waals surface area contributed by atoms with E-state index in [-0.39, 0.29) is 12.3 Å². The lowest BCUT2D eigenvalue weighted by Crippen LogP contribution is -2.25. The highest BCUT2D eigenvalue weighted by Crippen LogP contribution is 2.25. The number of thiol groups is 1. The molecule has 0 heterocycles. The molecule has 1 amide bonds. The maximum atomic E-state index is 11.8. The minimum absolute atomic E-state index is 0.0588. The highest BCUT2D eigenvalue weighted by molar-refractivity contribution is 8.68. The number of carboxylic acids is 1. The Morgan fingerprint density at radius 1 is 1.35 bits per heavy atom.